The number of ether oxygens (including phenoxy) is 2. The molecule has 3 unspecified atom stereocenters. The van der Waals surface area contributed by atoms with E-state index in [9.17, 15) is 5.11 Å². The smallest absolute Gasteiger partial charge is 0.216 e. The summed E-state index contributed by atoms with van der Waals surface area (Å²) in [4.78, 5) is 14.2. The van der Waals surface area contributed by atoms with E-state index in [0.29, 0.717) is 25.0 Å². The van der Waals surface area contributed by atoms with Crippen LogP contribution in [0, 0.1) is 12.8 Å². The average Bonchev–Trinajstić information content (AvgIpc) is 3.35. The lowest BCUT2D eigenvalue weighted by atomic mass is 9.82. The van der Waals surface area contributed by atoms with Gasteiger partial charge in [-0.3, -0.25) is 9.98 Å². The fourth-order valence-corrected chi connectivity index (χ4v) is 5.41. The van der Waals surface area contributed by atoms with Crippen molar-refractivity contribution < 1.29 is 14.6 Å². The second-order valence-corrected chi connectivity index (χ2v) is 10.4. The Morgan fingerprint density at radius 1 is 1.29 bits per heavy atom. The van der Waals surface area contributed by atoms with Crippen molar-refractivity contribution in [2.45, 2.75) is 70.7 Å². The van der Waals surface area contributed by atoms with Crippen molar-refractivity contribution in [1.29, 1.82) is 0 Å². The van der Waals surface area contributed by atoms with E-state index < -0.39 is 5.60 Å². The molecule has 3 aliphatic heterocycles. The third-order valence-electron chi connectivity index (χ3n) is 7.33. The van der Waals surface area contributed by atoms with E-state index in [-0.39, 0.29) is 12.2 Å². The molecule has 0 bridgehead atoms. The number of methoxy groups -OCH3 is 1. The van der Waals surface area contributed by atoms with Crippen LogP contribution in [0.15, 0.2) is 22.2 Å². The highest BCUT2D eigenvalue weighted by Gasteiger charge is 2.34. The van der Waals surface area contributed by atoms with Gasteiger partial charge < -0.3 is 19.9 Å². The van der Waals surface area contributed by atoms with Crippen LogP contribution in [0.3, 0.4) is 0 Å². The standard InChI is InChI=1S/C26H36N6O3/c1-16-11-18(14-29-25(16)34-4)32-21-7-10-35-9-6-19(21)24(31-32)20-15-28-23(30-20)13-17-5-8-27-22(12-17)26(2,3)33/h11,14-15,17,22-23,27,33H,5-10,12-13H2,1-4H3. The largest absolute Gasteiger partial charge is 0.481 e. The first-order valence-corrected chi connectivity index (χ1v) is 12.6. The Balaban J connectivity index is 1.41. The Bertz CT molecular complexity index is 1130. The van der Waals surface area contributed by atoms with Crippen LogP contribution < -0.4 is 10.1 Å². The van der Waals surface area contributed by atoms with Crippen molar-refractivity contribution in [3.8, 4) is 11.6 Å². The number of fused-ring (bicyclic) bond motifs is 1. The maximum absolute atomic E-state index is 10.4. The van der Waals surface area contributed by atoms with Crippen molar-refractivity contribution in [1.82, 2.24) is 20.1 Å². The van der Waals surface area contributed by atoms with Crippen LogP contribution in [0.1, 0.15) is 55.6 Å². The monoisotopic (exact) mass is 480 g/mol. The van der Waals surface area contributed by atoms with E-state index in [1.165, 1.54) is 5.56 Å². The molecule has 3 aliphatic rings. The lowest BCUT2D eigenvalue weighted by molar-refractivity contribution is 0.0172. The number of nitrogens with zero attached hydrogens (tertiary/aromatic N) is 5. The van der Waals surface area contributed by atoms with Crippen LogP contribution in [0.2, 0.25) is 0 Å². The quantitative estimate of drug-likeness (QED) is 0.658. The van der Waals surface area contributed by atoms with Crippen LogP contribution in [0.4, 0.5) is 0 Å². The molecule has 5 rings (SSSR count). The fraction of sp³-hybridized carbons (Fsp3) is 0.615. The Kier molecular flexibility index (Phi) is 6.74. The predicted molar refractivity (Wildman–Crippen MR) is 135 cm³/mol. The van der Waals surface area contributed by atoms with Crippen molar-refractivity contribution in [2.75, 3.05) is 26.9 Å². The predicted octanol–water partition coefficient (Wildman–Crippen LogP) is 2.43. The minimum Gasteiger partial charge on any atom is -0.481 e. The Hall–Kier alpha value is -2.62. The van der Waals surface area contributed by atoms with E-state index in [1.54, 1.807) is 13.3 Å². The number of aliphatic hydroxyl groups is 1. The summed E-state index contributed by atoms with van der Waals surface area (Å²) < 4.78 is 13.1. The maximum atomic E-state index is 10.4. The first-order chi connectivity index (χ1) is 16.8. The van der Waals surface area contributed by atoms with E-state index in [1.807, 2.05) is 31.7 Å². The molecule has 2 aromatic rings. The van der Waals surface area contributed by atoms with Gasteiger partial charge in [-0.15, -0.1) is 0 Å². The average molecular weight is 481 g/mol. The van der Waals surface area contributed by atoms with Crippen molar-refractivity contribution in [2.24, 2.45) is 15.9 Å². The van der Waals surface area contributed by atoms with Gasteiger partial charge in [-0.1, -0.05) is 0 Å². The summed E-state index contributed by atoms with van der Waals surface area (Å²) in [6.07, 6.45) is 8.08. The zero-order valence-corrected chi connectivity index (χ0v) is 21.1. The summed E-state index contributed by atoms with van der Waals surface area (Å²) in [7, 11) is 1.63. The molecule has 0 saturated carbocycles. The highest BCUT2D eigenvalue weighted by atomic mass is 16.5. The molecule has 0 amide bonds. The topological polar surface area (TPSA) is 106 Å². The van der Waals surface area contributed by atoms with Crippen LogP contribution in [-0.2, 0) is 17.6 Å². The zero-order valence-electron chi connectivity index (χ0n) is 21.1. The normalized spacial score (nSPS) is 24.7. The number of rotatable bonds is 6. The van der Waals surface area contributed by atoms with Crippen LogP contribution in [0.5, 0.6) is 5.88 Å². The SMILES string of the molecule is COc1ncc(-n2nc(C3=NC(CC4CCNC(C(C)(C)O)C4)N=C3)c3c2CCOCC3)cc1C. The number of piperidine rings is 1. The minimum atomic E-state index is -0.729. The Morgan fingerprint density at radius 2 is 2.11 bits per heavy atom. The number of aryl methyl sites for hydroxylation is 1. The second kappa shape index (κ2) is 9.79. The summed E-state index contributed by atoms with van der Waals surface area (Å²) in [5.41, 5.74) is 5.22. The summed E-state index contributed by atoms with van der Waals surface area (Å²) in [6.45, 7) is 8.00. The van der Waals surface area contributed by atoms with Crippen molar-refractivity contribution in [3.05, 3.63) is 34.8 Å². The number of hydrogen-bond donors (Lipinski definition) is 2. The molecule has 0 aromatic carbocycles. The van der Waals surface area contributed by atoms with Crippen LogP contribution in [0.25, 0.3) is 5.69 Å². The summed E-state index contributed by atoms with van der Waals surface area (Å²) in [6, 6.07) is 2.15. The third kappa shape index (κ3) is 5.03. The van der Waals surface area contributed by atoms with Crippen LogP contribution in [-0.4, -0.2) is 76.5 Å². The molecule has 0 aliphatic carbocycles. The lowest BCUT2D eigenvalue weighted by Gasteiger charge is -2.37. The number of hydrogen-bond acceptors (Lipinski definition) is 8. The first kappa shape index (κ1) is 24.1. The molecule has 3 atom stereocenters. The van der Waals surface area contributed by atoms with Gasteiger partial charge in [0.05, 0.1) is 49.7 Å². The van der Waals surface area contributed by atoms with Crippen molar-refractivity contribution >= 4 is 11.9 Å². The molecular weight excluding hydrogens is 444 g/mol. The van der Waals surface area contributed by atoms with Gasteiger partial charge in [0.2, 0.25) is 5.88 Å². The van der Waals surface area contributed by atoms with Gasteiger partial charge in [-0.25, -0.2) is 9.67 Å². The summed E-state index contributed by atoms with van der Waals surface area (Å²) >= 11 is 0. The Labute approximate surface area is 206 Å². The fourth-order valence-electron chi connectivity index (χ4n) is 5.41. The van der Waals surface area contributed by atoms with E-state index in [2.05, 4.69) is 16.4 Å². The second-order valence-electron chi connectivity index (χ2n) is 10.4. The highest BCUT2D eigenvalue weighted by molar-refractivity contribution is 6.39. The number of aromatic nitrogens is 3. The molecule has 35 heavy (non-hydrogen) atoms. The van der Waals surface area contributed by atoms with Crippen molar-refractivity contribution in [3.63, 3.8) is 0 Å². The van der Waals surface area contributed by atoms with E-state index >= 15 is 0 Å². The number of pyridine rings is 1. The molecule has 0 radical (unpaired) electrons. The molecule has 9 heteroatoms. The minimum absolute atomic E-state index is 0.0942. The van der Waals surface area contributed by atoms with E-state index in [4.69, 9.17) is 24.6 Å². The van der Waals surface area contributed by atoms with Crippen LogP contribution >= 0.6 is 0 Å². The Morgan fingerprint density at radius 3 is 2.89 bits per heavy atom. The molecule has 2 aromatic heterocycles. The van der Waals surface area contributed by atoms with Gasteiger partial charge in [-0.05, 0) is 65.0 Å². The first-order valence-electron chi connectivity index (χ1n) is 12.6. The molecule has 2 N–H and O–H groups in total. The molecule has 9 nitrogen and oxygen atoms in total. The van der Waals surface area contributed by atoms with E-state index in [0.717, 1.165) is 67.0 Å². The molecule has 188 valence electrons. The molecule has 5 heterocycles. The van der Waals surface area contributed by atoms with Gasteiger partial charge in [0.1, 0.15) is 17.6 Å². The molecule has 0 spiro atoms. The van der Waals surface area contributed by atoms with Gasteiger partial charge in [0.25, 0.3) is 0 Å². The summed E-state index contributed by atoms with van der Waals surface area (Å²) in [5, 5.41) is 18.9. The number of nitrogens with one attached hydrogen (secondary N) is 1. The van der Waals surface area contributed by atoms with Gasteiger partial charge in [0.15, 0.2) is 0 Å². The maximum Gasteiger partial charge on any atom is 0.216 e. The van der Waals surface area contributed by atoms with Gasteiger partial charge >= 0.3 is 0 Å². The third-order valence-corrected chi connectivity index (χ3v) is 7.33. The zero-order chi connectivity index (χ0) is 24.6. The van der Waals surface area contributed by atoms with Gasteiger partial charge in [0, 0.05) is 23.6 Å². The molecular formula is C26H36N6O3. The number of aliphatic imine (C=N–C) groups is 2. The van der Waals surface area contributed by atoms with Gasteiger partial charge in [-0.2, -0.15) is 5.10 Å². The highest BCUT2D eigenvalue weighted by Crippen LogP contribution is 2.30. The lowest BCUT2D eigenvalue weighted by Crippen LogP contribution is -2.51. The molecule has 1 fully saturated rings. The summed E-state index contributed by atoms with van der Waals surface area (Å²) in [5.74, 6) is 1.10. The molecule has 1 saturated heterocycles.